The molecule has 0 saturated carbocycles. The van der Waals surface area contributed by atoms with Crippen LogP contribution in [0, 0.1) is 13.8 Å². The Morgan fingerprint density at radius 3 is 2.59 bits per heavy atom. The first-order valence-electron chi connectivity index (χ1n) is 5.74. The van der Waals surface area contributed by atoms with Gasteiger partial charge in [0.15, 0.2) is 0 Å². The van der Waals surface area contributed by atoms with Gasteiger partial charge in [0.05, 0.1) is 5.69 Å². The molecule has 1 heterocycles. The first kappa shape index (κ1) is 12.4. The van der Waals surface area contributed by atoms with Gasteiger partial charge < -0.3 is 0 Å². The minimum absolute atomic E-state index is 0.566. The Hall–Kier alpha value is -1.07. The highest BCUT2D eigenvalue weighted by molar-refractivity contribution is 7.90. The molecule has 5 heteroatoms. The molecule has 4 nitrogen and oxygen atoms in total. The van der Waals surface area contributed by atoms with Crippen molar-refractivity contribution in [1.29, 1.82) is 0 Å². The number of rotatable bonds is 1. The molecule has 1 aromatic carbocycles. The molecular weight excluding hydrogens is 236 g/mol. The van der Waals surface area contributed by atoms with Crippen molar-refractivity contribution in [2.24, 2.45) is 0 Å². The second-order valence-electron chi connectivity index (χ2n) is 4.54. The van der Waals surface area contributed by atoms with Gasteiger partial charge in [0, 0.05) is 20.1 Å². The highest BCUT2D eigenvalue weighted by Crippen LogP contribution is 2.27. The lowest BCUT2D eigenvalue weighted by molar-refractivity contribution is 0.438. The van der Waals surface area contributed by atoms with Crippen LogP contribution in [0.4, 0.5) is 5.69 Å². The van der Waals surface area contributed by atoms with Crippen molar-refractivity contribution < 1.29 is 8.42 Å². The Bertz CT molecular complexity index is 525. The average Bonchev–Trinajstić information content (AvgIpc) is 2.26. The summed E-state index contributed by atoms with van der Waals surface area (Å²) in [7, 11) is -1.70. The van der Waals surface area contributed by atoms with Crippen molar-refractivity contribution in [2.45, 2.75) is 20.3 Å². The number of hydrogen-bond donors (Lipinski definition) is 0. The van der Waals surface area contributed by atoms with Gasteiger partial charge in [-0.05, 0) is 37.5 Å². The first-order chi connectivity index (χ1) is 7.93. The minimum atomic E-state index is -3.33. The van der Waals surface area contributed by atoms with Gasteiger partial charge in [-0.3, -0.25) is 4.31 Å². The molecule has 0 radical (unpaired) electrons. The molecule has 1 fully saturated rings. The van der Waals surface area contributed by atoms with Crippen LogP contribution in [0.15, 0.2) is 18.2 Å². The Labute approximate surface area is 103 Å². The minimum Gasteiger partial charge on any atom is -0.257 e. The molecule has 94 valence electrons. The summed E-state index contributed by atoms with van der Waals surface area (Å²) in [6, 6.07) is 5.90. The maximum atomic E-state index is 12.2. The zero-order chi connectivity index (χ0) is 12.6. The van der Waals surface area contributed by atoms with E-state index in [0.717, 1.165) is 23.2 Å². The van der Waals surface area contributed by atoms with Crippen LogP contribution in [0.1, 0.15) is 17.5 Å². The van der Waals surface area contributed by atoms with Crippen LogP contribution in [0.2, 0.25) is 0 Å². The first-order valence-corrected chi connectivity index (χ1v) is 7.14. The number of anilines is 1. The SMILES string of the molecule is Cc1ccc(C)c(N2CCCN(C)S2(=O)=O)c1. The fourth-order valence-electron chi connectivity index (χ4n) is 2.07. The van der Waals surface area contributed by atoms with E-state index in [4.69, 9.17) is 0 Å². The topological polar surface area (TPSA) is 40.6 Å². The summed E-state index contributed by atoms with van der Waals surface area (Å²) in [5, 5.41) is 0. The molecule has 0 aromatic heterocycles. The van der Waals surface area contributed by atoms with Gasteiger partial charge in [-0.1, -0.05) is 12.1 Å². The van der Waals surface area contributed by atoms with Crippen LogP contribution in [0.3, 0.4) is 0 Å². The van der Waals surface area contributed by atoms with E-state index < -0.39 is 10.2 Å². The second-order valence-corrected chi connectivity index (χ2v) is 6.50. The number of nitrogens with zero attached hydrogens (tertiary/aromatic N) is 2. The van der Waals surface area contributed by atoms with Gasteiger partial charge in [0.25, 0.3) is 0 Å². The summed E-state index contributed by atoms with van der Waals surface area (Å²) in [6.07, 6.45) is 0.864. The lowest BCUT2D eigenvalue weighted by Gasteiger charge is -2.34. The van der Waals surface area contributed by atoms with Crippen molar-refractivity contribution in [3.05, 3.63) is 29.3 Å². The van der Waals surface area contributed by atoms with Crippen molar-refractivity contribution in [3.63, 3.8) is 0 Å². The predicted octanol–water partition coefficient (Wildman–Crippen LogP) is 1.69. The van der Waals surface area contributed by atoms with E-state index in [1.54, 1.807) is 7.05 Å². The smallest absolute Gasteiger partial charge is 0.257 e. The third-order valence-electron chi connectivity index (χ3n) is 3.14. The van der Waals surface area contributed by atoms with Crippen LogP contribution in [-0.2, 0) is 10.2 Å². The molecule has 1 aliphatic rings. The average molecular weight is 254 g/mol. The molecule has 0 aliphatic carbocycles. The van der Waals surface area contributed by atoms with Crippen LogP contribution in [0.5, 0.6) is 0 Å². The number of hydrogen-bond acceptors (Lipinski definition) is 2. The molecule has 0 N–H and O–H groups in total. The molecule has 0 amide bonds. The summed E-state index contributed by atoms with van der Waals surface area (Å²) < 4.78 is 27.4. The summed E-state index contributed by atoms with van der Waals surface area (Å²) in [4.78, 5) is 0. The largest absolute Gasteiger partial charge is 0.303 e. The normalized spacial score (nSPS) is 20.5. The van der Waals surface area contributed by atoms with E-state index in [-0.39, 0.29) is 0 Å². The zero-order valence-corrected chi connectivity index (χ0v) is 11.3. The standard InChI is InChI=1S/C12H18N2O2S/c1-10-5-6-11(2)12(9-10)14-8-4-7-13(3)17(14,15)16/h5-6,9H,4,7-8H2,1-3H3. The zero-order valence-electron chi connectivity index (χ0n) is 10.5. The van der Waals surface area contributed by atoms with E-state index in [0.29, 0.717) is 13.1 Å². The van der Waals surface area contributed by atoms with Crippen molar-refractivity contribution in [3.8, 4) is 0 Å². The third kappa shape index (κ3) is 2.17. The molecule has 0 unspecified atom stereocenters. The van der Waals surface area contributed by atoms with E-state index in [2.05, 4.69) is 0 Å². The fraction of sp³-hybridized carbons (Fsp3) is 0.500. The molecule has 0 bridgehead atoms. The van der Waals surface area contributed by atoms with Gasteiger partial charge in [-0.25, -0.2) is 0 Å². The molecule has 1 saturated heterocycles. The lowest BCUT2D eigenvalue weighted by Crippen LogP contribution is -2.48. The van der Waals surface area contributed by atoms with E-state index in [1.165, 1.54) is 8.61 Å². The summed E-state index contributed by atoms with van der Waals surface area (Å²) >= 11 is 0. The highest BCUT2D eigenvalue weighted by Gasteiger charge is 2.31. The maximum absolute atomic E-state index is 12.2. The van der Waals surface area contributed by atoms with Crippen molar-refractivity contribution >= 4 is 15.9 Å². The Morgan fingerprint density at radius 1 is 1.18 bits per heavy atom. The Morgan fingerprint density at radius 2 is 1.88 bits per heavy atom. The van der Waals surface area contributed by atoms with Gasteiger partial charge in [-0.15, -0.1) is 0 Å². The van der Waals surface area contributed by atoms with Crippen molar-refractivity contribution in [1.82, 2.24) is 4.31 Å². The Kier molecular flexibility index (Phi) is 3.14. The lowest BCUT2D eigenvalue weighted by atomic mass is 10.1. The quantitative estimate of drug-likeness (QED) is 0.765. The second kappa shape index (κ2) is 4.31. The monoisotopic (exact) mass is 254 g/mol. The fourth-order valence-corrected chi connectivity index (χ4v) is 3.57. The number of benzene rings is 1. The van der Waals surface area contributed by atoms with Crippen LogP contribution >= 0.6 is 0 Å². The molecule has 0 spiro atoms. The van der Waals surface area contributed by atoms with Crippen LogP contribution in [0.25, 0.3) is 0 Å². The maximum Gasteiger partial charge on any atom is 0.303 e. The molecule has 2 rings (SSSR count). The summed E-state index contributed by atoms with van der Waals surface area (Å²) in [6.45, 7) is 5.09. The third-order valence-corrected chi connectivity index (χ3v) is 5.05. The van der Waals surface area contributed by atoms with E-state index in [1.807, 2.05) is 32.0 Å². The summed E-state index contributed by atoms with van der Waals surface area (Å²) in [5.41, 5.74) is 2.88. The van der Waals surface area contributed by atoms with E-state index >= 15 is 0 Å². The summed E-state index contributed by atoms with van der Waals surface area (Å²) in [5.74, 6) is 0. The van der Waals surface area contributed by atoms with Gasteiger partial charge in [-0.2, -0.15) is 12.7 Å². The molecule has 0 atom stereocenters. The van der Waals surface area contributed by atoms with Crippen LogP contribution in [-0.4, -0.2) is 32.9 Å². The predicted molar refractivity (Wildman–Crippen MR) is 69.4 cm³/mol. The van der Waals surface area contributed by atoms with Gasteiger partial charge >= 0.3 is 10.2 Å². The molecule has 17 heavy (non-hydrogen) atoms. The van der Waals surface area contributed by atoms with Gasteiger partial charge in [0.1, 0.15) is 0 Å². The molecule has 1 aliphatic heterocycles. The molecule has 1 aromatic rings. The van der Waals surface area contributed by atoms with Gasteiger partial charge in [0.2, 0.25) is 0 Å². The molecular formula is C12H18N2O2S. The highest BCUT2D eigenvalue weighted by atomic mass is 32.2. The Balaban J connectivity index is 2.49. The van der Waals surface area contributed by atoms with Crippen LogP contribution < -0.4 is 4.31 Å². The number of aryl methyl sites for hydroxylation is 2. The van der Waals surface area contributed by atoms with E-state index in [9.17, 15) is 8.42 Å². The van der Waals surface area contributed by atoms with Crippen molar-refractivity contribution in [2.75, 3.05) is 24.4 Å².